The molecule has 0 radical (unpaired) electrons. The van der Waals surface area contributed by atoms with Crippen molar-refractivity contribution >= 4 is 5.91 Å². The Bertz CT molecular complexity index is 606. The molecule has 3 rings (SSSR count). The van der Waals surface area contributed by atoms with Gasteiger partial charge in [-0.15, -0.1) is 0 Å². The molecular formula is C18H19NO2. The zero-order chi connectivity index (χ0) is 14.5. The number of hydrogen-bond acceptors (Lipinski definition) is 2. The minimum Gasteiger partial charge on any atom is -0.457 e. The Morgan fingerprint density at radius 2 is 1.81 bits per heavy atom. The summed E-state index contributed by atoms with van der Waals surface area (Å²) in [6.45, 7) is 0.780. The Kier molecular flexibility index (Phi) is 4.20. The molecule has 1 saturated carbocycles. The molecule has 1 fully saturated rings. The van der Waals surface area contributed by atoms with Crippen LogP contribution in [0.2, 0.25) is 0 Å². The zero-order valence-corrected chi connectivity index (χ0v) is 11.9. The summed E-state index contributed by atoms with van der Waals surface area (Å²) in [6.07, 6.45) is 3.76. The largest absolute Gasteiger partial charge is 0.457 e. The third-order valence-electron chi connectivity index (χ3n) is 3.85. The first-order valence-electron chi connectivity index (χ1n) is 7.42. The first-order chi connectivity index (χ1) is 10.3. The van der Waals surface area contributed by atoms with Crippen molar-refractivity contribution in [2.24, 2.45) is 5.92 Å². The zero-order valence-electron chi connectivity index (χ0n) is 11.9. The standard InChI is InChI=1S/C18H19NO2/c20-18(19-13-14-6-4-7-14)15-8-5-11-17(12-15)21-16-9-2-1-3-10-16/h1-3,5,8-12,14H,4,6-7,13H2,(H,19,20). The average molecular weight is 281 g/mol. The van der Waals surface area contributed by atoms with Crippen LogP contribution in [0.1, 0.15) is 29.6 Å². The maximum absolute atomic E-state index is 12.1. The molecule has 0 unspecified atom stereocenters. The molecule has 1 amide bonds. The summed E-state index contributed by atoms with van der Waals surface area (Å²) in [7, 11) is 0. The number of amides is 1. The number of carbonyl (C=O) groups excluding carboxylic acids is 1. The van der Waals surface area contributed by atoms with Crippen molar-refractivity contribution in [2.45, 2.75) is 19.3 Å². The third-order valence-corrected chi connectivity index (χ3v) is 3.85. The molecule has 1 aliphatic carbocycles. The summed E-state index contributed by atoms with van der Waals surface area (Å²) in [5.74, 6) is 2.08. The van der Waals surface area contributed by atoms with Crippen molar-refractivity contribution in [1.29, 1.82) is 0 Å². The molecule has 0 bridgehead atoms. The SMILES string of the molecule is O=C(NCC1CCC1)c1cccc(Oc2ccccc2)c1. The lowest BCUT2D eigenvalue weighted by Crippen LogP contribution is -2.32. The van der Waals surface area contributed by atoms with Gasteiger partial charge >= 0.3 is 0 Å². The van der Waals surface area contributed by atoms with Gasteiger partial charge in [0.2, 0.25) is 0 Å². The Balaban J connectivity index is 1.63. The quantitative estimate of drug-likeness (QED) is 0.899. The number of carbonyl (C=O) groups is 1. The molecule has 0 saturated heterocycles. The van der Waals surface area contributed by atoms with Crippen LogP contribution in [0.3, 0.4) is 0 Å². The van der Waals surface area contributed by atoms with Crippen molar-refractivity contribution in [3.63, 3.8) is 0 Å². The van der Waals surface area contributed by atoms with Gasteiger partial charge in [0.1, 0.15) is 11.5 Å². The maximum atomic E-state index is 12.1. The van der Waals surface area contributed by atoms with Gasteiger partial charge in [-0.2, -0.15) is 0 Å². The number of rotatable bonds is 5. The smallest absolute Gasteiger partial charge is 0.251 e. The molecule has 21 heavy (non-hydrogen) atoms. The minimum atomic E-state index is -0.0274. The summed E-state index contributed by atoms with van der Waals surface area (Å²) < 4.78 is 5.75. The van der Waals surface area contributed by atoms with Crippen molar-refractivity contribution in [1.82, 2.24) is 5.32 Å². The van der Waals surface area contributed by atoms with Crippen LogP contribution in [0.25, 0.3) is 0 Å². The summed E-state index contributed by atoms with van der Waals surface area (Å²) in [5, 5.41) is 3.00. The van der Waals surface area contributed by atoms with E-state index in [9.17, 15) is 4.79 Å². The van der Waals surface area contributed by atoms with Crippen LogP contribution in [-0.2, 0) is 0 Å². The van der Waals surface area contributed by atoms with Crippen molar-refractivity contribution in [3.8, 4) is 11.5 Å². The van der Waals surface area contributed by atoms with Gasteiger partial charge < -0.3 is 10.1 Å². The number of benzene rings is 2. The normalized spacial score (nSPS) is 14.3. The second-order valence-electron chi connectivity index (χ2n) is 5.45. The highest BCUT2D eigenvalue weighted by atomic mass is 16.5. The molecule has 0 heterocycles. The molecule has 2 aromatic carbocycles. The summed E-state index contributed by atoms with van der Waals surface area (Å²) in [6, 6.07) is 16.9. The van der Waals surface area contributed by atoms with Gasteiger partial charge in [-0.25, -0.2) is 0 Å². The van der Waals surface area contributed by atoms with Gasteiger partial charge in [0, 0.05) is 12.1 Å². The Labute approximate surface area is 124 Å². The highest BCUT2D eigenvalue weighted by Gasteiger charge is 2.18. The Morgan fingerprint density at radius 1 is 1.05 bits per heavy atom. The van der Waals surface area contributed by atoms with E-state index in [1.165, 1.54) is 19.3 Å². The number of ether oxygens (including phenoxy) is 1. The van der Waals surface area contributed by atoms with Crippen LogP contribution in [0.5, 0.6) is 11.5 Å². The van der Waals surface area contributed by atoms with E-state index in [4.69, 9.17) is 4.74 Å². The Hall–Kier alpha value is -2.29. The summed E-state index contributed by atoms with van der Waals surface area (Å²) in [4.78, 5) is 12.1. The fourth-order valence-corrected chi connectivity index (χ4v) is 2.36. The summed E-state index contributed by atoms with van der Waals surface area (Å²) in [5.41, 5.74) is 0.641. The first-order valence-corrected chi connectivity index (χ1v) is 7.42. The van der Waals surface area contributed by atoms with E-state index in [1.807, 2.05) is 48.5 Å². The van der Waals surface area contributed by atoms with Gasteiger partial charge in [-0.05, 0) is 49.1 Å². The van der Waals surface area contributed by atoms with Crippen molar-refractivity contribution in [2.75, 3.05) is 6.54 Å². The van der Waals surface area contributed by atoms with Crippen LogP contribution >= 0.6 is 0 Å². The lowest BCUT2D eigenvalue weighted by atomic mass is 9.85. The number of hydrogen-bond donors (Lipinski definition) is 1. The molecule has 1 aliphatic rings. The molecule has 3 nitrogen and oxygen atoms in total. The fourth-order valence-electron chi connectivity index (χ4n) is 2.36. The van der Waals surface area contributed by atoms with Gasteiger partial charge in [0.15, 0.2) is 0 Å². The topological polar surface area (TPSA) is 38.3 Å². The van der Waals surface area contributed by atoms with Crippen molar-refractivity contribution in [3.05, 3.63) is 60.2 Å². The number of nitrogens with one attached hydrogen (secondary N) is 1. The highest BCUT2D eigenvalue weighted by molar-refractivity contribution is 5.94. The van der Waals surface area contributed by atoms with Gasteiger partial charge in [-0.1, -0.05) is 30.7 Å². The van der Waals surface area contributed by atoms with E-state index >= 15 is 0 Å². The predicted molar refractivity (Wildman–Crippen MR) is 82.6 cm³/mol. The minimum absolute atomic E-state index is 0.0274. The highest BCUT2D eigenvalue weighted by Crippen LogP contribution is 2.25. The van der Waals surface area contributed by atoms with Gasteiger partial charge in [0.25, 0.3) is 5.91 Å². The molecule has 3 heteroatoms. The first kappa shape index (κ1) is 13.7. The molecule has 1 N–H and O–H groups in total. The molecule has 0 atom stereocenters. The molecule has 2 aromatic rings. The summed E-state index contributed by atoms with van der Waals surface area (Å²) >= 11 is 0. The average Bonchev–Trinajstić information content (AvgIpc) is 2.47. The van der Waals surface area contributed by atoms with Crippen LogP contribution in [0.4, 0.5) is 0 Å². The second kappa shape index (κ2) is 6.44. The van der Waals surface area contributed by atoms with E-state index in [2.05, 4.69) is 5.32 Å². The number of para-hydroxylation sites is 1. The van der Waals surface area contributed by atoms with E-state index in [0.29, 0.717) is 17.2 Å². The monoisotopic (exact) mass is 281 g/mol. The van der Waals surface area contributed by atoms with Crippen LogP contribution in [-0.4, -0.2) is 12.5 Å². The van der Waals surface area contributed by atoms with Gasteiger partial charge in [0.05, 0.1) is 0 Å². The molecule has 108 valence electrons. The molecule has 0 spiro atoms. The van der Waals surface area contributed by atoms with Crippen LogP contribution in [0.15, 0.2) is 54.6 Å². The van der Waals surface area contributed by atoms with Crippen molar-refractivity contribution < 1.29 is 9.53 Å². The third kappa shape index (κ3) is 3.63. The van der Waals surface area contributed by atoms with E-state index in [0.717, 1.165) is 12.3 Å². The van der Waals surface area contributed by atoms with E-state index in [1.54, 1.807) is 6.07 Å². The van der Waals surface area contributed by atoms with Crippen LogP contribution in [0, 0.1) is 5.92 Å². The Morgan fingerprint density at radius 3 is 2.52 bits per heavy atom. The molecule has 0 aromatic heterocycles. The molecule has 0 aliphatic heterocycles. The van der Waals surface area contributed by atoms with Crippen LogP contribution < -0.4 is 10.1 Å². The van der Waals surface area contributed by atoms with Gasteiger partial charge in [-0.3, -0.25) is 4.79 Å². The fraction of sp³-hybridized carbons (Fsp3) is 0.278. The van der Waals surface area contributed by atoms with E-state index in [-0.39, 0.29) is 5.91 Å². The molecular weight excluding hydrogens is 262 g/mol. The lowest BCUT2D eigenvalue weighted by Gasteiger charge is -2.25. The lowest BCUT2D eigenvalue weighted by molar-refractivity contribution is 0.0939. The predicted octanol–water partition coefficient (Wildman–Crippen LogP) is 4.01. The van der Waals surface area contributed by atoms with E-state index < -0.39 is 0 Å². The maximum Gasteiger partial charge on any atom is 0.251 e. The second-order valence-corrected chi connectivity index (χ2v) is 5.45.